The van der Waals surface area contributed by atoms with E-state index in [2.05, 4.69) is 5.32 Å². The third-order valence-electron chi connectivity index (χ3n) is 2.36. The molecule has 0 aliphatic carbocycles. The van der Waals surface area contributed by atoms with Gasteiger partial charge in [0.05, 0.1) is 5.56 Å². The summed E-state index contributed by atoms with van der Waals surface area (Å²) >= 11 is 0. The van der Waals surface area contributed by atoms with Gasteiger partial charge in [-0.15, -0.1) is 0 Å². The Morgan fingerprint density at radius 3 is 2.58 bits per heavy atom. The van der Waals surface area contributed by atoms with Crippen molar-refractivity contribution in [3.05, 3.63) is 35.1 Å². The van der Waals surface area contributed by atoms with Crippen LogP contribution in [0, 0.1) is 5.82 Å². The van der Waals surface area contributed by atoms with Crippen molar-refractivity contribution in [2.75, 3.05) is 6.54 Å². The van der Waals surface area contributed by atoms with E-state index in [0.717, 1.165) is 12.1 Å². The highest BCUT2D eigenvalue weighted by molar-refractivity contribution is 5.78. The van der Waals surface area contributed by atoms with Crippen LogP contribution >= 0.6 is 0 Å². The fraction of sp³-hybridized carbons (Fsp3) is 0.364. The first-order chi connectivity index (χ1) is 8.71. The van der Waals surface area contributed by atoms with Crippen LogP contribution in [0.4, 0.5) is 17.6 Å². The molecule has 0 spiro atoms. The number of hydrogen-bond acceptors (Lipinski definition) is 3. The Labute approximate surface area is 106 Å². The van der Waals surface area contributed by atoms with Crippen molar-refractivity contribution >= 4 is 5.91 Å². The van der Waals surface area contributed by atoms with E-state index >= 15 is 0 Å². The molecule has 1 atom stereocenters. The van der Waals surface area contributed by atoms with E-state index in [-0.39, 0.29) is 18.7 Å². The quantitative estimate of drug-likeness (QED) is 0.698. The zero-order valence-corrected chi connectivity index (χ0v) is 9.67. The molecule has 0 radical (unpaired) electrons. The summed E-state index contributed by atoms with van der Waals surface area (Å²) in [7, 11) is 0. The molecule has 1 unspecified atom stereocenters. The number of benzene rings is 1. The standard InChI is InChI=1S/C11H12F4N2O2/c12-7-2-1-6(8(3-7)11(13,14)15)4-17-5-9(18)10(16)19/h1-3,9,17-18H,4-5H2,(H2,16,19). The Balaban J connectivity index is 2.76. The van der Waals surface area contributed by atoms with Crippen LogP contribution in [0.25, 0.3) is 0 Å². The zero-order chi connectivity index (χ0) is 14.6. The van der Waals surface area contributed by atoms with Gasteiger partial charge in [0.25, 0.3) is 0 Å². The molecule has 4 nitrogen and oxygen atoms in total. The van der Waals surface area contributed by atoms with Gasteiger partial charge in [0.2, 0.25) is 5.91 Å². The Morgan fingerprint density at radius 1 is 1.42 bits per heavy atom. The molecule has 106 valence electrons. The van der Waals surface area contributed by atoms with Crippen LogP contribution in [-0.2, 0) is 17.5 Å². The van der Waals surface area contributed by atoms with Gasteiger partial charge >= 0.3 is 6.18 Å². The van der Waals surface area contributed by atoms with Crippen molar-refractivity contribution in [2.24, 2.45) is 5.73 Å². The Morgan fingerprint density at radius 2 is 2.05 bits per heavy atom. The van der Waals surface area contributed by atoms with Gasteiger partial charge in [0.15, 0.2) is 0 Å². The number of nitrogens with one attached hydrogen (secondary N) is 1. The summed E-state index contributed by atoms with van der Waals surface area (Å²) in [6.07, 6.45) is -6.17. The minimum atomic E-state index is -4.68. The molecule has 0 aromatic heterocycles. The second kappa shape index (κ2) is 5.98. The minimum absolute atomic E-state index is 0.189. The van der Waals surface area contributed by atoms with E-state index in [4.69, 9.17) is 10.8 Å². The average molecular weight is 280 g/mol. The fourth-order valence-electron chi connectivity index (χ4n) is 1.41. The highest BCUT2D eigenvalue weighted by atomic mass is 19.4. The first-order valence-electron chi connectivity index (χ1n) is 5.25. The topological polar surface area (TPSA) is 75.4 Å². The van der Waals surface area contributed by atoms with Crippen LogP contribution < -0.4 is 11.1 Å². The normalized spacial score (nSPS) is 13.3. The second-order valence-electron chi connectivity index (χ2n) is 3.85. The largest absolute Gasteiger partial charge is 0.416 e. The van der Waals surface area contributed by atoms with Crippen molar-refractivity contribution in [1.82, 2.24) is 5.32 Å². The van der Waals surface area contributed by atoms with Crippen LogP contribution in [0.1, 0.15) is 11.1 Å². The van der Waals surface area contributed by atoms with Crippen molar-refractivity contribution in [2.45, 2.75) is 18.8 Å². The van der Waals surface area contributed by atoms with E-state index in [9.17, 15) is 22.4 Å². The number of nitrogens with two attached hydrogens (primary N) is 1. The zero-order valence-electron chi connectivity index (χ0n) is 9.67. The first kappa shape index (κ1) is 15.4. The summed E-state index contributed by atoms with van der Waals surface area (Å²) in [6, 6.07) is 2.28. The van der Waals surface area contributed by atoms with Crippen LogP contribution in [0.3, 0.4) is 0 Å². The summed E-state index contributed by atoms with van der Waals surface area (Å²) in [4.78, 5) is 10.5. The van der Waals surface area contributed by atoms with Gasteiger partial charge in [0.1, 0.15) is 11.9 Å². The number of aliphatic hydroxyl groups is 1. The Kier molecular flexibility index (Phi) is 4.84. The maximum absolute atomic E-state index is 12.8. The smallest absolute Gasteiger partial charge is 0.382 e. The van der Waals surface area contributed by atoms with Crippen molar-refractivity contribution in [3.63, 3.8) is 0 Å². The van der Waals surface area contributed by atoms with Gasteiger partial charge in [-0.3, -0.25) is 4.79 Å². The van der Waals surface area contributed by atoms with Crippen LogP contribution in [0.5, 0.6) is 0 Å². The van der Waals surface area contributed by atoms with E-state index < -0.39 is 29.6 Å². The highest BCUT2D eigenvalue weighted by Crippen LogP contribution is 2.32. The summed E-state index contributed by atoms with van der Waals surface area (Å²) in [5, 5.41) is 11.5. The van der Waals surface area contributed by atoms with Crippen LogP contribution in [0.15, 0.2) is 18.2 Å². The van der Waals surface area contributed by atoms with Crippen LogP contribution in [0.2, 0.25) is 0 Å². The molecule has 0 heterocycles. The van der Waals surface area contributed by atoms with Gasteiger partial charge in [-0.2, -0.15) is 13.2 Å². The minimum Gasteiger partial charge on any atom is -0.382 e. The van der Waals surface area contributed by atoms with Crippen molar-refractivity contribution < 1.29 is 27.5 Å². The summed E-state index contributed by atoms with van der Waals surface area (Å²) in [5.41, 5.74) is 3.48. The number of amides is 1. The molecule has 8 heteroatoms. The van der Waals surface area contributed by atoms with Crippen LogP contribution in [-0.4, -0.2) is 23.7 Å². The average Bonchev–Trinajstić information content (AvgIpc) is 2.29. The predicted molar refractivity (Wildman–Crippen MR) is 58.3 cm³/mol. The lowest BCUT2D eigenvalue weighted by Gasteiger charge is -2.14. The lowest BCUT2D eigenvalue weighted by Crippen LogP contribution is -2.37. The lowest BCUT2D eigenvalue weighted by atomic mass is 10.1. The number of halogens is 4. The number of aliphatic hydroxyl groups excluding tert-OH is 1. The molecule has 0 aliphatic rings. The lowest BCUT2D eigenvalue weighted by molar-refractivity contribution is -0.138. The van der Waals surface area contributed by atoms with E-state index in [1.807, 2.05) is 0 Å². The van der Waals surface area contributed by atoms with Gasteiger partial charge in [-0.1, -0.05) is 6.07 Å². The second-order valence-corrected chi connectivity index (χ2v) is 3.85. The van der Waals surface area contributed by atoms with Gasteiger partial charge in [-0.05, 0) is 17.7 Å². The van der Waals surface area contributed by atoms with Crippen molar-refractivity contribution in [3.8, 4) is 0 Å². The number of rotatable bonds is 5. The van der Waals surface area contributed by atoms with E-state index in [1.165, 1.54) is 0 Å². The summed E-state index contributed by atoms with van der Waals surface area (Å²) in [5.74, 6) is -1.98. The number of carbonyl (C=O) groups is 1. The summed E-state index contributed by atoms with van der Waals surface area (Å²) in [6.45, 7) is -0.566. The molecule has 0 bridgehead atoms. The third kappa shape index (κ3) is 4.49. The molecule has 1 amide bonds. The molecular formula is C11H12F4N2O2. The first-order valence-corrected chi connectivity index (χ1v) is 5.25. The van der Waals surface area contributed by atoms with Gasteiger partial charge in [-0.25, -0.2) is 4.39 Å². The predicted octanol–water partition coefficient (Wildman–Crippen LogP) is 0.780. The van der Waals surface area contributed by atoms with Gasteiger partial charge < -0.3 is 16.2 Å². The molecule has 1 rings (SSSR count). The molecule has 0 saturated carbocycles. The fourth-order valence-corrected chi connectivity index (χ4v) is 1.41. The molecule has 0 saturated heterocycles. The number of primary amides is 1. The van der Waals surface area contributed by atoms with Crippen molar-refractivity contribution in [1.29, 1.82) is 0 Å². The molecule has 0 fully saturated rings. The number of carbonyl (C=O) groups excluding carboxylic acids is 1. The summed E-state index contributed by atoms with van der Waals surface area (Å²) < 4.78 is 50.7. The van der Waals surface area contributed by atoms with E-state index in [0.29, 0.717) is 6.07 Å². The number of hydrogen-bond donors (Lipinski definition) is 3. The SMILES string of the molecule is NC(=O)C(O)CNCc1ccc(F)cc1C(F)(F)F. The monoisotopic (exact) mass is 280 g/mol. The molecule has 19 heavy (non-hydrogen) atoms. The highest BCUT2D eigenvalue weighted by Gasteiger charge is 2.33. The maximum atomic E-state index is 12.8. The Hall–Kier alpha value is -1.67. The maximum Gasteiger partial charge on any atom is 0.416 e. The number of alkyl halides is 3. The van der Waals surface area contributed by atoms with Gasteiger partial charge in [0, 0.05) is 13.1 Å². The third-order valence-corrected chi connectivity index (χ3v) is 2.36. The molecule has 1 aromatic rings. The van der Waals surface area contributed by atoms with E-state index in [1.54, 1.807) is 0 Å². The molecule has 1 aromatic carbocycles. The Bertz CT molecular complexity index is 462. The molecule has 0 aliphatic heterocycles. The molecule has 4 N–H and O–H groups in total. The molecular weight excluding hydrogens is 268 g/mol.